The van der Waals surface area contributed by atoms with Crippen molar-refractivity contribution < 1.29 is 0 Å². The highest BCUT2D eigenvalue weighted by Crippen LogP contribution is 2.30. The van der Waals surface area contributed by atoms with Crippen molar-refractivity contribution in [1.82, 2.24) is 15.0 Å². The Bertz CT molecular complexity index is 1840. The van der Waals surface area contributed by atoms with E-state index in [1.165, 1.54) is 10.8 Å². The fourth-order valence-electron chi connectivity index (χ4n) is 4.85. The van der Waals surface area contributed by atoms with Gasteiger partial charge in [-0.25, -0.2) is 15.0 Å². The van der Waals surface area contributed by atoms with Gasteiger partial charge in [0.25, 0.3) is 0 Å². The summed E-state index contributed by atoms with van der Waals surface area (Å²) >= 11 is 0. The Morgan fingerprint density at radius 2 is 0.842 bits per heavy atom. The molecule has 7 rings (SSSR count). The molecule has 0 unspecified atom stereocenters. The molecule has 2 heterocycles. The SMILES string of the molecule is c1ccc(-c2cc(-c3ccc(-c4ccc5cc6ccccc6cc5n4)cc3)nc(-c3ccccc3)n2)cc1. The molecule has 3 nitrogen and oxygen atoms in total. The van der Waals surface area contributed by atoms with E-state index in [9.17, 15) is 0 Å². The van der Waals surface area contributed by atoms with Crippen LogP contribution in [0.15, 0.2) is 140 Å². The Kier molecular flexibility index (Phi) is 5.45. The standard InChI is InChI=1S/C35H23N3/c1-3-9-24(10-4-1)33-23-34(38-35(37-33)27-11-5-2-6-12-27)26-17-15-25(16-18-26)31-20-19-30-21-28-13-7-8-14-29(28)22-32(30)36-31/h1-23H. The van der Waals surface area contributed by atoms with Crippen molar-refractivity contribution in [2.45, 2.75) is 0 Å². The first-order chi connectivity index (χ1) is 18.8. The monoisotopic (exact) mass is 485 g/mol. The Morgan fingerprint density at radius 1 is 0.316 bits per heavy atom. The zero-order valence-electron chi connectivity index (χ0n) is 20.6. The van der Waals surface area contributed by atoms with Gasteiger partial charge in [-0.3, -0.25) is 0 Å². The van der Waals surface area contributed by atoms with Crippen LogP contribution in [0.3, 0.4) is 0 Å². The lowest BCUT2D eigenvalue weighted by molar-refractivity contribution is 1.18. The van der Waals surface area contributed by atoms with E-state index < -0.39 is 0 Å². The second kappa shape index (κ2) is 9.38. The van der Waals surface area contributed by atoms with Gasteiger partial charge < -0.3 is 0 Å². The molecule has 38 heavy (non-hydrogen) atoms. The molecular formula is C35H23N3. The summed E-state index contributed by atoms with van der Waals surface area (Å²) in [5.41, 5.74) is 7.93. The van der Waals surface area contributed by atoms with Gasteiger partial charge in [0, 0.05) is 27.6 Å². The Hall–Kier alpha value is -5.15. The summed E-state index contributed by atoms with van der Waals surface area (Å²) in [6.07, 6.45) is 0. The van der Waals surface area contributed by atoms with E-state index in [1.54, 1.807) is 0 Å². The molecule has 0 aliphatic heterocycles. The highest BCUT2D eigenvalue weighted by Gasteiger charge is 2.11. The molecule has 0 aliphatic rings. The van der Waals surface area contributed by atoms with Crippen LogP contribution in [0.4, 0.5) is 0 Å². The van der Waals surface area contributed by atoms with Crippen molar-refractivity contribution in [2.75, 3.05) is 0 Å². The number of aromatic nitrogens is 3. The van der Waals surface area contributed by atoms with Crippen LogP contribution in [0, 0.1) is 0 Å². The van der Waals surface area contributed by atoms with Gasteiger partial charge in [0.05, 0.1) is 22.6 Å². The van der Waals surface area contributed by atoms with E-state index in [-0.39, 0.29) is 0 Å². The summed E-state index contributed by atoms with van der Waals surface area (Å²) in [6, 6.07) is 48.0. The van der Waals surface area contributed by atoms with Crippen LogP contribution in [0.25, 0.3) is 66.8 Å². The number of benzene rings is 5. The second-order valence-electron chi connectivity index (χ2n) is 9.36. The maximum atomic E-state index is 4.98. The van der Waals surface area contributed by atoms with E-state index in [4.69, 9.17) is 15.0 Å². The fourth-order valence-corrected chi connectivity index (χ4v) is 4.85. The molecule has 178 valence electrons. The van der Waals surface area contributed by atoms with Crippen LogP contribution < -0.4 is 0 Å². The minimum Gasteiger partial charge on any atom is -0.248 e. The lowest BCUT2D eigenvalue weighted by Crippen LogP contribution is -1.95. The van der Waals surface area contributed by atoms with Crippen molar-refractivity contribution in [3.05, 3.63) is 140 Å². The predicted molar refractivity (Wildman–Crippen MR) is 157 cm³/mol. The van der Waals surface area contributed by atoms with Crippen LogP contribution in [-0.2, 0) is 0 Å². The molecule has 2 aromatic heterocycles. The molecule has 0 bridgehead atoms. The van der Waals surface area contributed by atoms with Crippen LogP contribution in [-0.4, -0.2) is 15.0 Å². The molecule has 3 heteroatoms. The minimum atomic E-state index is 0.717. The lowest BCUT2D eigenvalue weighted by Gasteiger charge is -2.10. The van der Waals surface area contributed by atoms with E-state index in [2.05, 4.69) is 91.0 Å². The topological polar surface area (TPSA) is 38.7 Å². The molecule has 7 aromatic rings. The molecule has 0 aliphatic carbocycles. The molecule has 0 atom stereocenters. The number of hydrogen-bond donors (Lipinski definition) is 0. The number of hydrogen-bond acceptors (Lipinski definition) is 3. The van der Waals surface area contributed by atoms with Crippen LogP contribution >= 0.6 is 0 Å². The smallest absolute Gasteiger partial charge is 0.160 e. The average Bonchev–Trinajstić information content (AvgIpc) is 3.00. The van der Waals surface area contributed by atoms with Gasteiger partial charge in [0.2, 0.25) is 0 Å². The number of pyridine rings is 1. The highest BCUT2D eigenvalue weighted by atomic mass is 14.9. The van der Waals surface area contributed by atoms with E-state index >= 15 is 0 Å². The van der Waals surface area contributed by atoms with Gasteiger partial charge in [0.1, 0.15) is 0 Å². The van der Waals surface area contributed by atoms with Crippen molar-refractivity contribution in [3.8, 4) is 45.2 Å². The molecule has 0 saturated carbocycles. The first-order valence-corrected chi connectivity index (χ1v) is 12.7. The average molecular weight is 486 g/mol. The molecule has 0 N–H and O–H groups in total. The first-order valence-electron chi connectivity index (χ1n) is 12.7. The maximum absolute atomic E-state index is 4.98. The zero-order chi connectivity index (χ0) is 25.3. The van der Waals surface area contributed by atoms with Gasteiger partial charge in [-0.1, -0.05) is 115 Å². The predicted octanol–water partition coefficient (Wildman–Crippen LogP) is 8.85. The minimum absolute atomic E-state index is 0.717. The Morgan fingerprint density at radius 3 is 1.50 bits per heavy atom. The third-order valence-corrected chi connectivity index (χ3v) is 6.86. The van der Waals surface area contributed by atoms with Gasteiger partial charge >= 0.3 is 0 Å². The Balaban J connectivity index is 1.28. The number of nitrogens with zero attached hydrogens (tertiary/aromatic N) is 3. The maximum Gasteiger partial charge on any atom is 0.160 e. The molecule has 0 radical (unpaired) electrons. The van der Waals surface area contributed by atoms with Crippen LogP contribution in [0.1, 0.15) is 0 Å². The van der Waals surface area contributed by atoms with Crippen molar-refractivity contribution in [1.29, 1.82) is 0 Å². The molecule has 5 aromatic carbocycles. The summed E-state index contributed by atoms with van der Waals surface area (Å²) in [6.45, 7) is 0. The number of rotatable bonds is 4. The molecule has 0 fully saturated rings. The summed E-state index contributed by atoms with van der Waals surface area (Å²) in [4.78, 5) is 14.8. The van der Waals surface area contributed by atoms with E-state index in [0.717, 1.165) is 56.1 Å². The lowest BCUT2D eigenvalue weighted by atomic mass is 10.0. The Labute approximate surface area is 221 Å². The normalized spacial score (nSPS) is 11.2. The molecule has 0 amide bonds. The van der Waals surface area contributed by atoms with Gasteiger partial charge in [0.15, 0.2) is 5.82 Å². The van der Waals surface area contributed by atoms with Gasteiger partial charge in [-0.2, -0.15) is 0 Å². The third kappa shape index (κ3) is 4.21. The van der Waals surface area contributed by atoms with Gasteiger partial charge in [-0.05, 0) is 35.0 Å². The summed E-state index contributed by atoms with van der Waals surface area (Å²) < 4.78 is 0. The van der Waals surface area contributed by atoms with E-state index in [1.807, 2.05) is 48.5 Å². The highest BCUT2D eigenvalue weighted by molar-refractivity contribution is 5.97. The van der Waals surface area contributed by atoms with Crippen molar-refractivity contribution in [3.63, 3.8) is 0 Å². The molecule has 0 saturated heterocycles. The zero-order valence-corrected chi connectivity index (χ0v) is 20.6. The van der Waals surface area contributed by atoms with Crippen LogP contribution in [0.5, 0.6) is 0 Å². The quantitative estimate of drug-likeness (QED) is 0.234. The second-order valence-corrected chi connectivity index (χ2v) is 9.36. The molecule has 0 spiro atoms. The molecular weight excluding hydrogens is 462 g/mol. The fraction of sp³-hybridized carbons (Fsp3) is 0. The largest absolute Gasteiger partial charge is 0.248 e. The third-order valence-electron chi connectivity index (χ3n) is 6.86. The van der Waals surface area contributed by atoms with Crippen LogP contribution in [0.2, 0.25) is 0 Å². The summed E-state index contributed by atoms with van der Waals surface area (Å²) in [5, 5.41) is 3.58. The summed E-state index contributed by atoms with van der Waals surface area (Å²) in [5.74, 6) is 0.717. The number of fused-ring (bicyclic) bond motifs is 2. The van der Waals surface area contributed by atoms with Crippen molar-refractivity contribution >= 4 is 21.7 Å². The summed E-state index contributed by atoms with van der Waals surface area (Å²) in [7, 11) is 0. The first kappa shape index (κ1) is 22.1. The van der Waals surface area contributed by atoms with Gasteiger partial charge in [-0.15, -0.1) is 0 Å². The van der Waals surface area contributed by atoms with Crippen molar-refractivity contribution in [2.24, 2.45) is 0 Å². The van der Waals surface area contributed by atoms with E-state index in [0.29, 0.717) is 0 Å².